The number of benzene rings is 2. The lowest BCUT2D eigenvalue weighted by atomic mass is 9.84. The molecule has 2 N–H and O–H groups in total. The molecule has 2 nitrogen and oxygen atoms in total. The molecule has 0 atom stereocenters. The van der Waals surface area contributed by atoms with Gasteiger partial charge in [-0.15, -0.1) is 0 Å². The molecule has 0 aliphatic heterocycles. The van der Waals surface area contributed by atoms with Gasteiger partial charge in [-0.05, 0) is 72.4 Å². The van der Waals surface area contributed by atoms with Crippen molar-refractivity contribution in [1.29, 1.82) is 0 Å². The van der Waals surface area contributed by atoms with Gasteiger partial charge in [0.05, 0.1) is 0 Å². The van der Waals surface area contributed by atoms with Crippen LogP contribution >= 0.6 is 0 Å². The topological polar surface area (TPSA) is 40.5 Å². The standard InChI is InChI=1S/C26H34O2/c1-16(2)9-8-10-17(3)13-22(23-14-18(4)11-20(6)25(23)27)24-15-19(5)12-21(7)26(24)28/h9,11-15,22,27-28H,8,10H2,1-7H3. The van der Waals surface area contributed by atoms with Gasteiger partial charge in [-0.3, -0.25) is 0 Å². The van der Waals surface area contributed by atoms with Crippen LogP contribution in [0.25, 0.3) is 0 Å². The minimum absolute atomic E-state index is 0.191. The van der Waals surface area contributed by atoms with E-state index in [9.17, 15) is 10.2 Å². The quantitative estimate of drug-likeness (QED) is 0.524. The number of hydrogen-bond acceptors (Lipinski definition) is 2. The highest BCUT2D eigenvalue weighted by atomic mass is 16.3. The molecule has 0 radical (unpaired) electrons. The summed E-state index contributed by atoms with van der Waals surface area (Å²) in [6, 6.07) is 8.04. The summed E-state index contributed by atoms with van der Waals surface area (Å²) in [5.74, 6) is 0.425. The number of allylic oxidation sites excluding steroid dienone is 4. The van der Waals surface area contributed by atoms with E-state index in [1.807, 2.05) is 52.0 Å². The van der Waals surface area contributed by atoms with E-state index < -0.39 is 0 Å². The van der Waals surface area contributed by atoms with Crippen LogP contribution in [-0.2, 0) is 0 Å². The molecule has 0 saturated carbocycles. The first-order valence-electron chi connectivity index (χ1n) is 10.0. The van der Waals surface area contributed by atoms with Crippen molar-refractivity contribution >= 4 is 0 Å². The van der Waals surface area contributed by atoms with Gasteiger partial charge in [0.1, 0.15) is 11.5 Å². The van der Waals surface area contributed by atoms with Crippen LogP contribution in [0.1, 0.15) is 72.9 Å². The summed E-state index contributed by atoms with van der Waals surface area (Å²) in [4.78, 5) is 0. The average molecular weight is 379 g/mol. The highest BCUT2D eigenvalue weighted by Crippen LogP contribution is 2.41. The van der Waals surface area contributed by atoms with Crippen LogP contribution in [0.4, 0.5) is 0 Å². The van der Waals surface area contributed by atoms with E-state index in [2.05, 4.69) is 32.9 Å². The van der Waals surface area contributed by atoms with Crippen LogP contribution in [0.3, 0.4) is 0 Å². The monoisotopic (exact) mass is 378 g/mol. The van der Waals surface area contributed by atoms with Crippen molar-refractivity contribution in [2.45, 2.75) is 67.2 Å². The van der Waals surface area contributed by atoms with Crippen LogP contribution < -0.4 is 0 Å². The molecule has 0 aliphatic carbocycles. The second kappa shape index (κ2) is 9.14. The third kappa shape index (κ3) is 5.28. The van der Waals surface area contributed by atoms with Gasteiger partial charge in [0, 0.05) is 17.0 Å². The second-order valence-electron chi connectivity index (χ2n) is 8.35. The van der Waals surface area contributed by atoms with Crippen LogP contribution in [0.2, 0.25) is 0 Å². The smallest absolute Gasteiger partial charge is 0.122 e. The Kier molecular flexibility index (Phi) is 7.12. The van der Waals surface area contributed by atoms with E-state index in [1.54, 1.807) is 0 Å². The summed E-state index contributed by atoms with van der Waals surface area (Å²) < 4.78 is 0. The number of aromatic hydroxyl groups is 2. The zero-order chi connectivity index (χ0) is 21.0. The Morgan fingerprint density at radius 3 is 1.71 bits per heavy atom. The summed E-state index contributed by atoms with van der Waals surface area (Å²) >= 11 is 0. The van der Waals surface area contributed by atoms with Crippen molar-refractivity contribution in [1.82, 2.24) is 0 Å². The third-order valence-electron chi connectivity index (χ3n) is 5.16. The van der Waals surface area contributed by atoms with Gasteiger partial charge < -0.3 is 10.2 Å². The Morgan fingerprint density at radius 2 is 1.29 bits per heavy atom. The molecule has 28 heavy (non-hydrogen) atoms. The van der Waals surface area contributed by atoms with Gasteiger partial charge in [0.25, 0.3) is 0 Å². The first-order valence-corrected chi connectivity index (χ1v) is 10.0. The number of phenols is 2. The summed E-state index contributed by atoms with van der Waals surface area (Å²) in [6.07, 6.45) is 6.39. The zero-order valence-corrected chi connectivity index (χ0v) is 18.4. The SMILES string of the molecule is CC(C)=CCCC(C)=CC(c1cc(C)cc(C)c1O)c1cc(C)cc(C)c1O. The van der Waals surface area contributed by atoms with Gasteiger partial charge >= 0.3 is 0 Å². The fraction of sp³-hybridized carbons (Fsp3) is 0.385. The van der Waals surface area contributed by atoms with Gasteiger partial charge in [0.15, 0.2) is 0 Å². The highest BCUT2D eigenvalue weighted by molar-refractivity contribution is 5.55. The summed E-state index contributed by atoms with van der Waals surface area (Å²) in [5, 5.41) is 21.6. The number of aryl methyl sites for hydroxylation is 4. The fourth-order valence-electron chi connectivity index (χ4n) is 3.76. The van der Waals surface area contributed by atoms with Crippen LogP contribution in [0.15, 0.2) is 47.6 Å². The number of phenolic OH excluding ortho intramolecular Hbond substituents is 2. The molecule has 2 aromatic rings. The molecule has 2 aromatic carbocycles. The molecule has 0 heterocycles. The van der Waals surface area contributed by atoms with Crippen molar-refractivity contribution in [2.75, 3.05) is 0 Å². The maximum atomic E-state index is 10.8. The summed E-state index contributed by atoms with van der Waals surface area (Å²) in [7, 11) is 0. The second-order valence-corrected chi connectivity index (χ2v) is 8.35. The van der Waals surface area contributed by atoms with Crippen molar-refractivity contribution in [3.05, 3.63) is 80.9 Å². The highest BCUT2D eigenvalue weighted by Gasteiger charge is 2.22. The predicted octanol–water partition coefficient (Wildman–Crippen LogP) is 7.16. The van der Waals surface area contributed by atoms with Crippen LogP contribution in [-0.4, -0.2) is 10.2 Å². The lowest BCUT2D eigenvalue weighted by molar-refractivity contribution is 0.454. The van der Waals surface area contributed by atoms with Gasteiger partial charge in [-0.25, -0.2) is 0 Å². The Bertz CT molecular complexity index is 855. The number of rotatable bonds is 6. The predicted molar refractivity (Wildman–Crippen MR) is 119 cm³/mol. The largest absolute Gasteiger partial charge is 0.507 e. The first kappa shape index (κ1) is 21.8. The van der Waals surface area contributed by atoms with Gasteiger partial charge in [-0.1, -0.05) is 58.7 Å². The molecule has 0 unspecified atom stereocenters. The van der Waals surface area contributed by atoms with E-state index in [1.165, 1.54) is 11.1 Å². The van der Waals surface area contributed by atoms with Gasteiger partial charge in [0.2, 0.25) is 0 Å². The summed E-state index contributed by atoms with van der Waals surface area (Å²) in [6.45, 7) is 14.3. The molecule has 150 valence electrons. The maximum Gasteiger partial charge on any atom is 0.122 e. The average Bonchev–Trinajstić information content (AvgIpc) is 2.59. The molecule has 2 heteroatoms. The van der Waals surface area contributed by atoms with Crippen molar-refractivity contribution < 1.29 is 10.2 Å². The minimum Gasteiger partial charge on any atom is -0.507 e. The normalized spacial score (nSPS) is 11.8. The Morgan fingerprint density at radius 1 is 0.821 bits per heavy atom. The van der Waals surface area contributed by atoms with Crippen LogP contribution in [0.5, 0.6) is 11.5 Å². The van der Waals surface area contributed by atoms with Crippen molar-refractivity contribution in [2.24, 2.45) is 0 Å². The third-order valence-corrected chi connectivity index (χ3v) is 5.16. The maximum absolute atomic E-state index is 10.8. The molecule has 0 fully saturated rings. The molecule has 0 spiro atoms. The summed E-state index contributed by atoms with van der Waals surface area (Å²) in [5.41, 5.74) is 8.20. The van der Waals surface area contributed by atoms with E-state index >= 15 is 0 Å². The van der Waals surface area contributed by atoms with E-state index in [-0.39, 0.29) is 5.92 Å². The fourth-order valence-corrected chi connectivity index (χ4v) is 3.76. The van der Waals surface area contributed by atoms with Crippen molar-refractivity contribution in [3.63, 3.8) is 0 Å². The molecule has 0 aliphatic rings. The Labute approximate surface area is 170 Å². The van der Waals surface area contributed by atoms with E-state index in [4.69, 9.17) is 0 Å². The molecular weight excluding hydrogens is 344 g/mol. The van der Waals surface area contributed by atoms with E-state index in [0.717, 1.165) is 46.2 Å². The van der Waals surface area contributed by atoms with Crippen molar-refractivity contribution in [3.8, 4) is 11.5 Å². The first-order chi connectivity index (χ1) is 13.1. The zero-order valence-electron chi connectivity index (χ0n) is 18.4. The van der Waals surface area contributed by atoms with E-state index in [0.29, 0.717) is 11.5 Å². The molecule has 0 bridgehead atoms. The molecule has 0 amide bonds. The molecule has 2 rings (SSSR count). The lowest BCUT2D eigenvalue weighted by Crippen LogP contribution is -2.03. The van der Waals surface area contributed by atoms with Gasteiger partial charge in [-0.2, -0.15) is 0 Å². The molecule has 0 saturated heterocycles. The Hall–Kier alpha value is -2.48. The lowest BCUT2D eigenvalue weighted by Gasteiger charge is -2.21. The molecule has 0 aromatic heterocycles. The molecular formula is C26H34O2. The minimum atomic E-state index is -0.191. The van der Waals surface area contributed by atoms with Crippen LogP contribution in [0, 0.1) is 27.7 Å². The number of hydrogen-bond donors (Lipinski definition) is 2. The Balaban J connectivity index is 2.62.